The predicted molar refractivity (Wildman–Crippen MR) is 86.7 cm³/mol. The fraction of sp³-hybridized carbons (Fsp3) is 0.235. The number of nitrogens with zero attached hydrogens (tertiary/aromatic N) is 1. The van der Waals surface area contributed by atoms with Gasteiger partial charge in [0.15, 0.2) is 11.6 Å². The average Bonchev–Trinajstić information content (AvgIpc) is 2.54. The molecule has 0 fully saturated rings. The van der Waals surface area contributed by atoms with E-state index in [1.165, 1.54) is 37.4 Å². The molecule has 1 atom stereocenters. The Bertz CT molecular complexity index is 792. The van der Waals surface area contributed by atoms with E-state index in [9.17, 15) is 19.3 Å². The van der Waals surface area contributed by atoms with Crippen molar-refractivity contribution in [3.8, 4) is 5.75 Å². The van der Waals surface area contributed by atoms with Crippen LogP contribution in [0.2, 0.25) is 0 Å². The van der Waals surface area contributed by atoms with Crippen molar-refractivity contribution in [2.75, 3.05) is 7.11 Å². The fourth-order valence-corrected chi connectivity index (χ4v) is 2.32. The summed E-state index contributed by atoms with van der Waals surface area (Å²) in [6.45, 7) is 3.29. The van der Waals surface area contributed by atoms with Crippen molar-refractivity contribution in [3.63, 3.8) is 0 Å². The average molecular weight is 332 g/mol. The number of amides is 1. The van der Waals surface area contributed by atoms with E-state index in [4.69, 9.17) is 4.74 Å². The van der Waals surface area contributed by atoms with Gasteiger partial charge in [0, 0.05) is 17.2 Å². The molecule has 2 aromatic rings. The van der Waals surface area contributed by atoms with Crippen molar-refractivity contribution in [3.05, 3.63) is 69.0 Å². The predicted octanol–water partition coefficient (Wildman–Crippen LogP) is 3.54. The number of carbonyl (C=O) groups is 1. The largest absolute Gasteiger partial charge is 0.494 e. The molecule has 6 nitrogen and oxygen atoms in total. The standard InChI is InChI=1S/C17H17FN2O4/c1-10-8-13(4-6-15(10)20(22)23)17(21)19-11(2)12-5-7-16(24-3)14(18)9-12/h4-9,11H,1-3H3,(H,19,21)/t11-/m0/s1. The van der Waals surface area contributed by atoms with Crippen molar-refractivity contribution < 1.29 is 18.8 Å². The Morgan fingerprint density at radius 3 is 2.54 bits per heavy atom. The maximum absolute atomic E-state index is 13.7. The van der Waals surface area contributed by atoms with Crippen LogP contribution in [0, 0.1) is 22.9 Å². The highest BCUT2D eigenvalue weighted by Crippen LogP contribution is 2.23. The normalized spacial score (nSPS) is 11.7. The number of rotatable bonds is 5. The molecule has 0 saturated heterocycles. The third kappa shape index (κ3) is 3.68. The Balaban J connectivity index is 2.15. The van der Waals surface area contributed by atoms with Crippen molar-refractivity contribution in [2.24, 2.45) is 0 Å². The number of hydrogen-bond acceptors (Lipinski definition) is 4. The summed E-state index contributed by atoms with van der Waals surface area (Å²) in [6, 6.07) is 8.15. The van der Waals surface area contributed by atoms with Crippen LogP contribution >= 0.6 is 0 Å². The third-order valence-electron chi connectivity index (χ3n) is 3.68. The quantitative estimate of drug-likeness (QED) is 0.671. The molecule has 1 amide bonds. The lowest BCUT2D eigenvalue weighted by Crippen LogP contribution is -2.26. The maximum Gasteiger partial charge on any atom is 0.272 e. The van der Waals surface area contributed by atoms with E-state index in [2.05, 4.69) is 5.32 Å². The van der Waals surface area contributed by atoms with Crippen LogP contribution in [0.15, 0.2) is 36.4 Å². The zero-order chi connectivity index (χ0) is 17.9. The van der Waals surface area contributed by atoms with Crippen molar-refractivity contribution in [1.82, 2.24) is 5.32 Å². The molecule has 0 radical (unpaired) electrons. The number of carbonyl (C=O) groups excluding carboxylic acids is 1. The van der Waals surface area contributed by atoms with Gasteiger partial charge in [-0.15, -0.1) is 0 Å². The molecule has 0 aromatic heterocycles. The zero-order valence-electron chi connectivity index (χ0n) is 13.5. The van der Waals surface area contributed by atoms with Crippen LogP contribution in [0.25, 0.3) is 0 Å². The first-order valence-corrected chi connectivity index (χ1v) is 7.23. The van der Waals surface area contributed by atoms with Gasteiger partial charge < -0.3 is 10.1 Å². The van der Waals surface area contributed by atoms with Gasteiger partial charge in [-0.3, -0.25) is 14.9 Å². The maximum atomic E-state index is 13.7. The smallest absolute Gasteiger partial charge is 0.272 e. The topological polar surface area (TPSA) is 81.5 Å². The van der Waals surface area contributed by atoms with Crippen LogP contribution < -0.4 is 10.1 Å². The SMILES string of the molecule is COc1ccc([C@H](C)NC(=O)c2ccc([N+](=O)[O-])c(C)c2)cc1F. The van der Waals surface area contributed by atoms with Gasteiger partial charge in [0.2, 0.25) is 0 Å². The number of halogens is 1. The second kappa shape index (κ2) is 7.08. The van der Waals surface area contributed by atoms with E-state index < -0.39 is 22.7 Å². The van der Waals surface area contributed by atoms with Gasteiger partial charge in [0.1, 0.15) is 0 Å². The Morgan fingerprint density at radius 1 is 1.29 bits per heavy atom. The summed E-state index contributed by atoms with van der Waals surface area (Å²) >= 11 is 0. The van der Waals surface area contributed by atoms with Gasteiger partial charge in [-0.1, -0.05) is 6.07 Å². The molecule has 2 rings (SSSR count). The van der Waals surface area contributed by atoms with E-state index in [1.54, 1.807) is 19.9 Å². The number of hydrogen-bond donors (Lipinski definition) is 1. The molecule has 7 heteroatoms. The zero-order valence-corrected chi connectivity index (χ0v) is 13.5. The number of ether oxygens (including phenoxy) is 1. The molecule has 0 heterocycles. The molecule has 0 aliphatic carbocycles. The number of aryl methyl sites for hydroxylation is 1. The van der Waals surface area contributed by atoms with Gasteiger partial charge in [-0.2, -0.15) is 0 Å². The van der Waals surface area contributed by atoms with Gasteiger partial charge in [-0.25, -0.2) is 4.39 Å². The third-order valence-corrected chi connectivity index (χ3v) is 3.68. The van der Waals surface area contributed by atoms with E-state index in [1.807, 2.05) is 0 Å². The summed E-state index contributed by atoms with van der Waals surface area (Å²) in [5.41, 5.74) is 1.24. The lowest BCUT2D eigenvalue weighted by atomic mass is 10.1. The van der Waals surface area contributed by atoms with Gasteiger partial charge in [0.05, 0.1) is 18.1 Å². The van der Waals surface area contributed by atoms with Crippen LogP contribution in [-0.4, -0.2) is 17.9 Å². The summed E-state index contributed by atoms with van der Waals surface area (Å²) in [4.78, 5) is 22.6. The van der Waals surface area contributed by atoms with Crippen LogP contribution in [0.1, 0.15) is 34.5 Å². The van der Waals surface area contributed by atoms with E-state index >= 15 is 0 Å². The summed E-state index contributed by atoms with van der Waals surface area (Å²) in [6.07, 6.45) is 0. The Hall–Kier alpha value is -2.96. The van der Waals surface area contributed by atoms with Crippen molar-refractivity contribution in [1.29, 1.82) is 0 Å². The Kier molecular flexibility index (Phi) is 5.13. The highest BCUT2D eigenvalue weighted by molar-refractivity contribution is 5.95. The molecular weight excluding hydrogens is 315 g/mol. The lowest BCUT2D eigenvalue weighted by Gasteiger charge is -2.15. The number of methoxy groups -OCH3 is 1. The van der Waals surface area contributed by atoms with E-state index in [0.29, 0.717) is 16.7 Å². The molecule has 0 saturated carbocycles. The second-order valence-corrected chi connectivity index (χ2v) is 5.35. The minimum absolute atomic E-state index is 0.0446. The van der Waals surface area contributed by atoms with Crippen LogP contribution in [-0.2, 0) is 0 Å². The fourth-order valence-electron chi connectivity index (χ4n) is 2.32. The molecule has 1 N–H and O–H groups in total. The molecular formula is C17H17FN2O4. The summed E-state index contributed by atoms with van der Waals surface area (Å²) in [5.74, 6) is -0.776. The van der Waals surface area contributed by atoms with Crippen LogP contribution in [0.4, 0.5) is 10.1 Å². The first-order chi connectivity index (χ1) is 11.3. The first-order valence-electron chi connectivity index (χ1n) is 7.23. The number of nitrogens with one attached hydrogen (secondary N) is 1. The molecule has 126 valence electrons. The number of nitro benzene ring substituents is 1. The number of nitro groups is 1. The minimum Gasteiger partial charge on any atom is -0.494 e. The monoisotopic (exact) mass is 332 g/mol. The molecule has 0 aliphatic rings. The molecule has 0 unspecified atom stereocenters. The van der Waals surface area contributed by atoms with Crippen LogP contribution in [0.5, 0.6) is 5.75 Å². The summed E-state index contributed by atoms with van der Waals surface area (Å²) < 4.78 is 18.6. The van der Waals surface area contributed by atoms with E-state index in [-0.39, 0.29) is 11.4 Å². The second-order valence-electron chi connectivity index (χ2n) is 5.35. The van der Waals surface area contributed by atoms with Gasteiger partial charge in [0.25, 0.3) is 11.6 Å². The summed E-state index contributed by atoms with van der Waals surface area (Å²) in [5, 5.41) is 13.5. The first kappa shape index (κ1) is 17.4. The Labute approximate surface area is 138 Å². The van der Waals surface area contributed by atoms with E-state index in [0.717, 1.165) is 0 Å². The van der Waals surface area contributed by atoms with Gasteiger partial charge in [-0.05, 0) is 43.7 Å². The lowest BCUT2D eigenvalue weighted by molar-refractivity contribution is -0.385. The highest BCUT2D eigenvalue weighted by Gasteiger charge is 2.16. The molecule has 0 spiro atoms. The van der Waals surface area contributed by atoms with Crippen molar-refractivity contribution in [2.45, 2.75) is 19.9 Å². The minimum atomic E-state index is -0.512. The van der Waals surface area contributed by atoms with Crippen molar-refractivity contribution >= 4 is 11.6 Å². The molecule has 0 aliphatic heterocycles. The van der Waals surface area contributed by atoms with Crippen LogP contribution in [0.3, 0.4) is 0 Å². The summed E-state index contributed by atoms with van der Waals surface area (Å²) in [7, 11) is 1.38. The molecule has 0 bridgehead atoms. The molecule has 2 aromatic carbocycles. The number of benzene rings is 2. The molecule has 24 heavy (non-hydrogen) atoms. The highest BCUT2D eigenvalue weighted by atomic mass is 19.1. The Morgan fingerprint density at radius 2 is 2.00 bits per heavy atom. The van der Waals surface area contributed by atoms with Gasteiger partial charge >= 0.3 is 0 Å².